The van der Waals surface area contributed by atoms with Gasteiger partial charge in [-0.3, -0.25) is 0 Å². The number of hydrogen-bond donors (Lipinski definition) is 0. The second kappa shape index (κ2) is 18.8. The molecular formula is C66H59N4OPt-3. The minimum Gasteiger partial charge on any atom is -0.509 e. The van der Waals surface area contributed by atoms with Gasteiger partial charge in [-0.15, -0.1) is 48.1 Å². The Morgan fingerprint density at radius 3 is 1.61 bits per heavy atom. The van der Waals surface area contributed by atoms with Crippen LogP contribution in [-0.4, -0.2) is 9.55 Å². The third-order valence-corrected chi connectivity index (χ3v) is 13.9. The summed E-state index contributed by atoms with van der Waals surface area (Å²) in [7, 11) is 0. The summed E-state index contributed by atoms with van der Waals surface area (Å²) in [6.07, 6.45) is 1.90. The van der Waals surface area contributed by atoms with Gasteiger partial charge in [0, 0.05) is 72.5 Å². The number of ether oxygens (including phenoxy) is 1. The molecule has 362 valence electrons. The van der Waals surface area contributed by atoms with Gasteiger partial charge in [0.05, 0.1) is 0 Å². The summed E-state index contributed by atoms with van der Waals surface area (Å²) < 4.78 is 8.90. The first-order valence-corrected chi connectivity index (χ1v) is 24.7. The number of rotatable bonds is 8. The molecule has 1 aliphatic rings. The number of benzene rings is 8. The van der Waals surface area contributed by atoms with Crippen LogP contribution in [0.2, 0.25) is 0 Å². The first-order chi connectivity index (χ1) is 34.1. The van der Waals surface area contributed by atoms with E-state index in [9.17, 15) is 0 Å². The Labute approximate surface area is 440 Å². The van der Waals surface area contributed by atoms with Crippen molar-refractivity contribution in [2.24, 2.45) is 0 Å². The Kier molecular flexibility index (Phi) is 12.6. The third-order valence-electron chi connectivity index (χ3n) is 13.9. The Morgan fingerprint density at radius 1 is 0.458 bits per heavy atom. The van der Waals surface area contributed by atoms with Crippen molar-refractivity contribution in [1.29, 1.82) is 0 Å². The normalized spacial score (nSPS) is 12.8. The van der Waals surface area contributed by atoms with Crippen molar-refractivity contribution < 1.29 is 25.8 Å². The minimum absolute atomic E-state index is 0. The van der Waals surface area contributed by atoms with E-state index in [0.717, 1.165) is 72.6 Å². The summed E-state index contributed by atoms with van der Waals surface area (Å²) in [4.78, 5) is 9.44. The van der Waals surface area contributed by atoms with Crippen molar-refractivity contribution in [1.82, 2.24) is 9.55 Å². The average molecular weight is 1120 g/mol. The molecule has 1 aliphatic heterocycles. The molecular weight excluding hydrogens is 1060 g/mol. The zero-order chi connectivity index (χ0) is 49.2. The van der Waals surface area contributed by atoms with Gasteiger partial charge in [-0.1, -0.05) is 189 Å². The van der Waals surface area contributed by atoms with Gasteiger partial charge in [0.25, 0.3) is 0 Å². The minimum atomic E-state index is -0.0316. The maximum absolute atomic E-state index is 6.70. The second-order valence-corrected chi connectivity index (χ2v) is 21.9. The number of nitrogens with zero attached hydrogens (tertiary/aromatic N) is 4. The van der Waals surface area contributed by atoms with Crippen molar-refractivity contribution in [3.05, 3.63) is 224 Å². The Balaban J connectivity index is 0.00000596. The van der Waals surface area contributed by atoms with E-state index in [4.69, 9.17) is 9.72 Å². The number of pyridine rings is 1. The maximum Gasteiger partial charge on any atom is 0.135 e. The smallest absolute Gasteiger partial charge is 0.135 e. The van der Waals surface area contributed by atoms with E-state index in [1.807, 2.05) is 24.4 Å². The van der Waals surface area contributed by atoms with Gasteiger partial charge in [-0.2, -0.15) is 12.1 Å². The van der Waals surface area contributed by atoms with Crippen molar-refractivity contribution >= 4 is 44.6 Å². The Hall–Kier alpha value is -7.20. The number of aromatic nitrogens is 2. The van der Waals surface area contributed by atoms with E-state index in [-0.39, 0.29) is 37.3 Å². The fourth-order valence-corrected chi connectivity index (χ4v) is 9.84. The van der Waals surface area contributed by atoms with E-state index < -0.39 is 0 Å². The molecule has 0 fully saturated rings. The standard InChI is InChI=1S/C66H59N4O.Pt/c1-64(2,3)48-32-28-45(29-33-48)44-24-26-46(27-25-44)54-19-15-20-55(47-30-34-49(35-31-47)65(4,5)6)63(54)69-43-68(59-22-12-13-23-60(59)69)51-16-14-17-52(41-51)71-53-36-37-57-56-18-10-11-21-58(56)70(61(57)42-53)62-40-50(38-39-67-62)66(7,8)9;/h10-40,43H,1-9H3;/q-3;. The summed E-state index contributed by atoms with van der Waals surface area (Å²) in [5.41, 5.74) is 17.0. The van der Waals surface area contributed by atoms with Crippen molar-refractivity contribution in [3.63, 3.8) is 0 Å². The molecule has 0 unspecified atom stereocenters. The van der Waals surface area contributed by atoms with Crippen LogP contribution in [-0.2, 0) is 37.3 Å². The molecule has 72 heavy (non-hydrogen) atoms. The van der Waals surface area contributed by atoms with Crippen LogP contribution in [0.5, 0.6) is 11.5 Å². The first-order valence-electron chi connectivity index (χ1n) is 24.7. The molecule has 0 N–H and O–H groups in total. The molecule has 0 aliphatic carbocycles. The molecule has 0 saturated carbocycles. The van der Waals surface area contributed by atoms with Gasteiger partial charge < -0.3 is 19.1 Å². The van der Waals surface area contributed by atoms with Crippen molar-refractivity contribution in [3.8, 4) is 50.7 Å². The van der Waals surface area contributed by atoms with Crippen LogP contribution in [0.25, 0.3) is 61.0 Å². The van der Waals surface area contributed by atoms with Gasteiger partial charge in [0.2, 0.25) is 0 Å². The average Bonchev–Trinajstić information content (AvgIpc) is 3.92. The Morgan fingerprint density at radius 2 is 0.986 bits per heavy atom. The molecule has 0 amide bonds. The van der Waals surface area contributed by atoms with Crippen molar-refractivity contribution in [2.75, 3.05) is 9.80 Å². The quantitative estimate of drug-likeness (QED) is 0.142. The van der Waals surface area contributed by atoms with Crippen LogP contribution in [0.15, 0.2) is 188 Å². The predicted octanol–water partition coefficient (Wildman–Crippen LogP) is 17.9. The molecule has 8 aromatic carbocycles. The van der Waals surface area contributed by atoms with Crippen LogP contribution < -0.4 is 14.5 Å². The Bertz CT molecular complexity index is 3590. The van der Waals surface area contributed by atoms with E-state index in [1.54, 1.807) is 0 Å². The summed E-state index contributed by atoms with van der Waals surface area (Å²) in [5, 5.41) is 2.23. The number of anilines is 4. The molecule has 0 saturated heterocycles. The van der Waals surface area contributed by atoms with Gasteiger partial charge in [-0.25, -0.2) is 4.98 Å². The van der Waals surface area contributed by atoms with Crippen molar-refractivity contribution in [2.45, 2.75) is 78.6 Å². The summed E-state index contributed by atoms with van der Waals surface area (Å²) in [6, 6.07) is 72.7. The van der Waals surface area contributed by atoms with E-state index in [2.05, 4.69) is 259 Å². The molecule has 10 aromatic rings. The predicted molar refractivity (Wildman–Crippen MR) is 297 cm³/mol. The molecule has 5 nitrogen and oxygen atoms in total. The molecule has 6 heteroatoms. The van der Waals surface area contributed by atoms with Gasteiger partial charge in [0.15, 0.2) is 0 Å². The van der Waals surface area contributed by atoms with Crippen LogP contribution in [0.4, 0.5) is 22.7 Å². The summed E-state index contributed by atoms with van der Waals surface area (Å²) in [6.45, 7) is 22.5. The molecule has 0 atom stereocenters. The van der Waals surface area contributed by atoms with E-state index in [1.165, 1.54) is 27.8 Å². The molecule has 11 rings (SSSR count). The first kappa shape index (κ1) is 48.4. The third kappa shape index (κ3) is 9.16. The molecule has 0 spiro atoms. The van der Waals surface area contributed by atoms with Gasteiger partial charge in [-0.05, 0) is 90.9 Å². The molecule has 2 aromatic heterocycles. The largest absolute Gasteiger partial charge is 0.509 e. The fourth-order valence-electron chi connectivity index (χ4n) is 9.84. The zero-order valence-corrected chi connectivity index (χ0v) is 44.8. The van der Waals surface area contributed by atoms with Crippen LogP contribution in [0, 0.1) is 18.8 Å². The van der Waals surface area contributed by atoms with E-state index >= 15 is 0 Å². The molecule has 3 heterocycles. The number of para-hydroxylation sites is 4. The second-order valence-electron chi connectivity index (χ2n) is 21.9. The number of hydrogen-bond acceptors (Lipinski definition) is 4. The molecule has 0 bridgehead atoms. The monoisotopic (exact) mass is 1120 g/mol. The SMILES string of the molecule is CC(C)(C)c1ccc(-c2ccc(-c3cccc(-c4ccc(C(C)(C)C)cc4)c3N3[CH-]N(c4[c-]c(Oc5[c-]c6c(cc5)c5ccccc5n6-c5cc(C(C)(C)C)ccn5)ccc4)c4ccccc43)cc2)cc1.[Pt]. The fraction of sp³-hybridized carbons (Fsp3) is 0.182. The van der Waals surface area contributed by atoms with Crippen LogP contribution >= 0.6 is 0 Å². The van der Waals surface area contributed by atoms with Gasteiger partial charge in [0.1, 0.15) is 5.82 Å². The van der Waals surface area contributed by atoms with Crippen LogP contribution in [0.1, 0.15) is 79.0 Å². The maximum atomic E-state index is 6.70. The topological polar surface area (TPSA) is 33.5 Å². The van der Waals surface area contributed by atoms with Crippen LogP contribution in [0.3, 0.4) is 0 Å². The van der Waals surface area contributed by atoms with Gasteiger partial charge >= 0.3 is 0 Å². The molecule has 0 radical (unpaired) electrons. The summed E-state index contributed by atoms with van der Waals surface area (Å²) >= 11 is 0. The summed E-state index contributed by atoms with van der Waals surface area (Å²) in [5.74, 6) is 2.04. The van der Waals surface area contributed by atoms with E-state index in [0.29, 0.717) is 11.5 Å². The zero-order valence-electron chi connectivity index (χ0n) is 42.5. The number of fused-ring (bicyclic) bond motifs is 4.